The third-order valence-corrected chi connectivity index (χ3v) is 6.91. The number of hydrogen-bond donors (Lipinski definition) is 2. The summed E-state index contributed by atoms with van der Waals surface area (Å²) in [7, 11) is -9.83. The minimum Gasteiger partial charge on any atom is -0.456 e. The summed E-state index contributed by atoms with van der Waals surface area (Å²) in [4.78, 5) is -1.75. The molecule has 0 bridgehead atoms. The molecule has 0 aliphatic rings. The maximum atomic E-state index is 12.0. The Hall–Kier alpha value is -2.98. The van der Waals surface area contributed by atoms with Crippen molar-refractivity contribution >= 4 is 63.7 Å². The lowest BCUT2D eigenvalue weighted by atomic mass is 10.0. The van der Waals surface area contributed by atoms with Crippen molar-refractivity contribution in [2.45, 2.75) is 9.79 Å². The Balaban J connectivity index is 1.99. The summed E-state index contributed by atoms with van der Waals surface area (Å²) >= 11 is 0. The maximum Gasteiger partial charge on any atom is 0.296 e. The third kappa shape index (κ3) is 2.78. The van der Waals surface area contributed by atoms with Crippen LogP contribution in [0.1, 0.15) is 0 Å². The zero-order valence-corrected chi connectivity index (χ0v) is 16.2. The van der Waals surface area contributed by atoms with Crippen LogP contribution in [0.2, 0.25) is 0 Å². The molecule has 0 atom stereocenters. The highest BCUT2D eigenvalue weighted by atomic mass is 32.2. The van der Waals surface area contributed by atoms with Gasteiger partial charge in [-0.2, -0.15) is 16.8 Å². The second-order valence-electron chi connectivity index (χ2n) is 6.71. The lowest BCUT2D eigenvalue weighted by molar-refractivity contribution is 0.467. The van der Waals surface area contributed by atoms with E-state index in [-0.39, 0.29) is 5.39 Å². The van der Waals surface area contributed by atoms with Crippen molar-refractivity contribution in [3.05, 3.63) is 60.7 Å². The van der Waals surface area contributed by atoms with E-state index in [1.165, 1.54) is 12.1 Å². The fourth-order valence-corrected chi connectivity index (χ4v) is 5.69. The first-order valence-corrected chi connectivity index (χ1v) is 11.3. The van der Waals surface area contributed by atoms with Crippen molar-refractivity contribution in [2.24, 2.45) is 0 Å². The van der Waals surface area contributed by atoms with Crippen LogP contribution in [0.5, 0.6) is 0 Å². The van der Waals surface area contributed by atoms with Crippen molar-refractivity contribution in [3.8, 4) is 0 Å². The van der Waals surface area contributed by atoms with Gasteiger partial charge >= 0.3 is 0 Å². The van der Waals surface area contributed by atoms with Crippen LogP contribution in [0.4, 0.5) is 0 Å². The van der Waals surface area contributed by atoms with Crippen LogP contribution in [0.3, 0.4) is 0 Å². The van der Waals surface area contributed by atoms with Gasteiger partial charge in [0.05, 0.1) is 0 Å². The molecule has 0 unspecified atom stereocenters. The van der Waals surface area contributed by atoms with Crippen molar-refractivity contribution in [1.82, 2.24) is 0 Å². The van der Waals surface area contributed by atoms with Gasteiger partial charge in [0.1, 0.15) is 21.0 Å². The quantitative estimate of drug-likeness (QED) is 0.400. The Kier molecular flexibility index (Phi) is 3.60. The number of fused-ring (bicyclic) bond motifs is 5. The summed E-state index contributed by atoms with van der Waals surface area (Å²) in [6.07, 6.45) is 0. The summed E-state index contributed by atoms with van der Waals surface area (Å²) in [5, 5.41) is 3.47. The molecule has 7 nitrogen and oxygen atoms in total. The van der Waals surface area contributed by atoms with Gasteiger partial charge in [0.2, 0.25) is 0 Å². The molecular formula is C20H12O7S2. The van der Waals surface area contributed by atoms with Gasteiger partial charge in [-0.05, 0) is 46.5 Å². The van der Waals surface area contributed by atoms with E-state index >= 15 is 0 Å². The Bertz CT molecular complexity index is 1700. The lowest BCUT2D eigenvalue weighted by Crippen LogP contribution is -2.09. The molecule has 29 heavy (non-hydrogen) atoms. The Morgan fingerprint density at radius 3 is 1.83 bits per heavy atom. The molecule has 0 saturated heterocycles. The average molecular weight is 428 g/mol. The molecular weight excluding hydrogens is 416 g/mol. The van der Waals surface area contributed by atoms with E-state index in [4.69, 9.17) is 4.42 Å². The first kappa shape index (κ1) is 18.1. The van der Waals surface area contributed by atoms with Crippen LogP contribution in [0.25, 0.3) is 43.5 Å². The van der Waals surface area contributed by atoms with Gasteiger partial charge in [-0.15, -0.1) is 0 Å². The monoisotopic (exact) mass is 428 g/mol. The molecule has 1 aromatic heterocycles. The molecule has 0 spiro atoms. The first-order chi connectivity index (χ1) is 13.6. The van der Waals surface area contributed by atoms with E-state index in [1.54, 1.807) is 6.07 Å². The molecule has 4 aromatic carbocycles. The van der Waals surface area contributed by atoms with Crippen molar-refractivity contribution < 1.29 is 30.4 Å². The van der Waals surface area contributed by atoms with Crippen LogP contribution in [-0.4, -0.2) is 25.9 Å². The highest BCUT2D eigenvalue weighted by Crippen LogP contribution is 2.38. The first-order valence-electron chi connectivity index (χ1n) is 8.40. The van der Waals surface area contributed by atoms with Crippen molar-refractivity contribution in [1.29, 1.82) is 0 Å². The van der Waals surface area contributed by atoms with Gasteiger partial charge in [0.25, 0.3) is 20.2 Å². The van der Waals surface area contributed by atoms with Gasteiger partial charge < -0.3 is 4.42 Å². The van der Waals surface area contributed by atoms with Gasteiger partial charge in [-0.25, -0.2) is 0 Å². The molecule has 5 aromatic rings. The minimum atomic E-state index is -4.95. The summed E-state index contributed by atoms with van der Waals surface area (Å²) in [6.45, 7) is 0. The summed E-state index contributed by atoms with van der Waals surface area (Å²) in [6, 6.07) is 16.7. The molecule has 146 valence electrons. The summed E-state index contributed by atoms with van der Waals surface area (Å²) < 4.78 is 72.4. The topological polar surface area (TPSA) is 122 Å². The molecule has 0 amide bonds. The van der Waals surface area contributed by atoms with E-state index in [9.17, 15) is 25.9 Å². The number of furan rings is 1. The normalized spacial score (nSPS) is 13.0. The van der Waals surface area contributed by atoms with E-state index in [0.717, 1.165) is 16.8 Å². The highest BCUT2D eigenvalue weighted by Gasteiger charge is 2.27. The standard InChI is InChI=1S/C20H12O7S2/c21-28(22,23)19-6-5-13-9-18-16(10-14(13)20(19)29(24,25)26)15-7-11-3-1-2-4-12(11)8-17(15)27-18/h1-10H,(H,21,22,23)(H,24,25,26). The van der Waals surface area contributed by atoms with E-state index in [2.05, 4.69) is 0 Å². The van der Waals surface area contributed by atoms with E-state index < -0.39 is 30.0 Å². The molecule has 2 N–H and O–H groups in total. The number of hydrogen-bond acceptors (Lipinski definition) is 5. The zero-order chi connectivity index (χ0) is 20.6. The predicted molar refractivity (Wildman–Crippen MR) is 108 cm³/mol. The fraction of sp³-hybridized carbons (Fsp3) is 0. The van der Waals surface area contributed by atoms with Crippen LogP contribution in [-0.2, 0) is 20.2 Å². The highest BCUT2D eigenvalue weighted by molar-refractivity contribution is 7.89. The van der Waals surface area contributed by atoms with Gasteiger partial charge in [-0.1, -0.05) is 30.3 Å². The second-order valence-corrected chi connectivity index (χ2v) is 9.46. The molecule has 0 aliphatic carbocycles. The predicted octanol–water partition coefficient (Wildman–Crippen LogP) is 4.39. The van der Waals surface area contributed by atoms with Crippen LogP contribution >= 0.6 is 0 Å². The number of rotatable bonds is 2. The van der Waals surface area contributed by atoms with Crippen LogP contribution in [0, 0.1) is 0 Å². The second kappa shape index (κ2) is 5.77. The molecule has 0 fully saturated rings. The molecule has 1 heterocycles. The van der Waals surface area contributed by atoms with Gasteiger partial charge in [0.15, 0.2) is 0 Å². The Morgan fingerprint density at radius 1 is 0.621 bits per heavy atom. The fourth-order valence-electron chi connectivity index (χ4n) is 3.70. The Labute approximate surface area is 164 Å². The van der Waals surface area contributed by atoms with Crippen molar-refractivity contribution in [3.63, 3.8) is 0 Å². The SMILES string of the molecule is O=S(=O)(O)c1ccc2cc3oc4cc5ccccc5cc4c3cc2c1S(=O)(=O)O. The minimum absolute atomic E-state index is 0.0361. The summed E-state index contributed by atoms with van der Waals surface area (Å²) in [5.74, 6) is 0. The lowest BCUT2D eigenvalue weighted by Gasteiger charge is -2.09. The molecule has 5 rings (SSSR count). The molecule has 0 radical (unpaired) electrons. The van der Waals surface area contributed by atoms with Crippen LogP contribution in [0.15, 0.2) is 74.9 Å². The zero-order valence-electron chi connectivity index (χ0n) is 14.5. The van der Waals surface area contributed by atoms with E-state index in [0.29, 0.717) is 27.3 Å². The smallest absolute Gasteiger partial charge is 0.296 e. The van der Waals surface area contributed by atoms with E-state index in [1.807, 2.05) is 36.4 Å². The average Bonchev–Trinajstić information content (AvgIpc) is 2.98. The largest absolute Gasteiger partial charge is 0.456 e. The third-order valence-electron chi connectivity index (χ3n) is 4.93. The van der Waals surface area contributed by atoms with Gasteiger partial charge in [-0.3, -0.25) is 9.11 Å². The van der Waals surface area contributed by atoms with Gasteiger partial charge in [0, 0.05) is 16.2 Å². The Morgan fingerprint density at radius 2 is 1.21 bits per heavy atom. The molecule has 0 aliphatic heterocycles. The molecule has 0 saturated carbocycles. The molecule has 9 heteroatoms. The summed E-state index contributed by atoms with van der Waals surface area (Å²) in [5.41, 5.74) is 1.06. The number of benzene rings is 4. The van der Waals surface area contributed by atoms with Crippen LogP contribution < -0.4 is 0 Å². The maximum absolute atomic E-state index is 12.0. The van der Waals surface area contributed by atoms with Crippen molar-refractivity contribution in [2.75, 3.05) is 0 Å².